The first kappa shape index (κ1) is 15.2. The predicted molar refractivity (Wildman–Crippen MR) is 87.9 cm³/mol. The fraction of sp³-hybridized carbons (Fsp3) is 0.600. The molecule has 0 aliphatic heterocycles. The van der Waals surface area contributed by atoms with Gasteiger partial charge in [-0.25, -0.2) is 9.97 Å². The van der Waals surface area contributed by atoms with E-state index in [1.807, 2.05) is 0 Å². The van der Waals surface area contributed by atoms with E-state index < -0.39 is 0 Å². The quantitative estimate of drug-likeness (QED) is 0.831. The van der Waals surface area contributed by atoms with E-state index in [1.165, 1.54) is 15.8 Å². The molecule has 2 rings (SSSR count). The van der Waals surface area contributed by atoms with Crippen LogP contribution in [0.1, 0.15) is 24.3 Å². The standard InChI is InChI=1S/C15H24N4S/c1-10(2)8-16-6-7-19(5)14-13-11(3)12(4)20-15(13)18-9-17-14/h9-10,16H,6-8H2,1-5H3. The summed E-state index contributed by atoms with van der Waals surface area (Å²) in [6.07, 6.45) is 1.67. The van der Waals surface area contributed by atoms with Gasteiger partial charge in [0.1, 0.15) is 17.0 Å². The van der Waals surface area contributed by atoms with Gasteiger partial charge >= 0.3 is 0 Å². The molecule has 0 atom stereocenters. The van der Waals surface area contributed by atoms with Crippen molar-refractivity contribution in [2.45, 2.75) is 27.7 Å². The van der Waals surface area contributed by atoms with Gasteiger partial charge in [0, 0.05) is 25.0 Å². The number of aryl methyl sites for hydroxylation is 2. The zero-order chi connectivity index (χ0) is 14.7. The minimum Gasteiger partial charge on any atom is -0.358 e. The van der Waals surface area contributed by atoms with Crippen molar-refractivity contribution >= 4 is 27.4 Å². The number of hydrogen-bond donors (Lipinski definition) is 1. The normalized spacial score (nSPS) is 11.5. The van der Waals surface area contributed by atoms with Crippen LogP contribution in [0.2, 0.25) is 0 Å². The van der Waals surface area contributed by atoms with Gasteiger partial charge in [0.05, 0.1) is 5.39 Å². The molecule has 0 spiro atoms. The Morgan fingerprint density at radius 3 is 2.75 bits per heavy atom. The second kappa shape index (κ2) is 6.50. The van der Waals surface area contributed by atoms with Crippen molar-refractivity contribution in [3.8, 4) is 0 Å². The van der Waals surface area contributed by atoms with Gasteiger partial charge in [-0.3, -0.25) is 0 Å². The van der Waals surface area contributed by atoms with E-state index in [2.05, 4.69) is 54.9 Å². The third-order valence-corrected chi connectivity index (χ3v) is 4.60. The van der Waals surface area contributed by atoms with E-state index in [-0.39, 0.29) is 0 Å². The van der Waals surface area contributed by atoms with E-state index in [4.69, 9.17) is 0 Å². The molecular formula is C15H24N4S. The topological polar surface area (TPSA) is 41.1 Å². The number of fused-ring (bicyclic) bond motifs is 1. The number of nitrogens with zero attached hydrogens (tertiary/aromatic N) is 3. The van der Waals surface area contributed by atoms with Gasteiger partial charge in [-0.2, -0.15) is 0 Å². The molecule has 0 fully saturated rings. The van der Waals surface area contributed by atoms with Gasteiger partial charge in [0.25, 0.3) is 0 Å². The van der Waals surface area contributed by atoms with E-state index in [1.54, 1.807) is 17.7 Å². The van der Waals surface area contributed by atoms with Crippen molar-refractivity contribution in [2.24, 2.45) is 5.92 Å². The van der Waals surface area contributed by atoms with Crippen molar-refractivity contribution in [3.05, 3.63) is 16.8 Å². The molecule has 0 aromatic carbocycles. The molecule has 0 saturated heterocycles. The number of rotatable bonds is 6. The molecule has 0 saturated carbocycles. The maximum absolute atomic E-state index is 4.49. The second-order valence-electron chi connectivity index (χ2n) is 5.68. The Labute approximate surface area is 125 Å². The highest BCUT2D eigenvalue weighted by Crippen LogP contribution is 2.33. The van der Waals surface area contributed by atoms with E-state index >= 15 is 0 Å². The van der Waals surface area contributed by atoms with Crippen molar-refractivity contribution in [1.29, 1.82) is 0 Å². The van der Waals surface area contributed by atoms with Crippen LogP contribution in [-0.4, -0.2) is 36.6 Å². The van der Waals surface area contributed by atoms with Gasteiger partial charge in [-0.1, -0.05) is 13.8 Å². The van der Waals surface area contributed by atoms with Crippen LogP contribution in [0.5, 0.6) is 0 Å². The molecule has 0 bridgehead atoms. The van der Waals surface area contributed by atoms with Gasteiger partial charge in [0.2, 0.25) is 0 Å². The molecule has 2 heterocycles. The zero-order valence-electron chi connectivity index (χ0n) is 13.0. The summed E-state index contributed by atoms with van der Waals surface area (Å²) in [6.45, 7) is 11.7. The number of likely N-dealkylation sites (N-methyl/N-ethyl adjacent to an activating group) is 1. The van der Waals surface area contributed by atoms with Crippen LogP contribution in [0.25, 0.3) is 10.2 Å². The molecule has 2 aromatic rings. The average molecular weight is 292 g/mol. The molecule has 0 unspecified atom stereocenters. The Hall–Kier alpha value is -1.20. The lowest BCUT2D eigenvalue weighted by atomic mass is 10.2. The first-order chi connectivity index (χ1) is 9.50. The minimum absolute atomic E-state index is 0.688. The average Bonchev–Trinajstić information content (AvgIpc) is 2.70. The van der Waals surface area contributed by atoms with Crippen LogP contribution in [-0.2, 0) is 0 Å². The largest absolute Gasteiger partial charge is 0.358 e. The predicted octanol–water partition coefficient (Wildman–Crippen LogP) is 2.99. The van der Waals surface area contributed by atoms with Crippen LogP contribution in [0.3, 0.4) is 0 Å². The van der Waals surface area contributed by atoms with E-state index in [0.29, 0.717) is 5.92 Å². The summed E-state index contributed by atoms with van der Waals surface area (Å²) in [4.78, 5) is 13.5. The van der Waals surface area contributed by atoms with Gasteiger partial charge in [-0.15, -0.1) is 11.3 Å². The minimum atomic E-state index is 0.688. The van der Waals surface area contributed by atoms with Crippen molar-refractivity contribution in [3.63, 3.8) is 0 Å². The lowest BCUT2D eigenvalue weighted by Gasteiger charge is -2.19. The third-order valence-electron chi connectivity index (χ3n) is 3.48. The molecule has 20 heavy (non-hydrogen) atoms. The number of aromatic nitrogens is 2. The highest BCUT2D eigenvalue weighted by atomic mass is 32.1. The number of hydrogen-bond acceptors (Lipinski definition) is 5. The number of anilines is 1. The Morgan fingerprint density at radius 2 is 2.05 bits per heavy atom. The van der Waals surface area contributed by atoms with Crippen LogP contribution in [0.15, 0.2) is 6.33 Å². The van der Waals surface area contributed by atoms with Crippen LogP contribution >= 0.6 is 11.3 Å². The summed E-state index contributed by atoms with van der Waals surface area (Å²) in [5, 5.41) is 4.68. The lowest BCUT2D eigenvalue weighted by molar-refractivity contribution is 0.554. The summed E-state index contributed by atoms with van der Waals surface area (Å²) in [5.74, 6) is 1.73. The SMILES string of the molecule is Cc1sc2ncnc(N(C)CCNCC(C)C)c2c1C. The van der Waals surface area contributed by atoms with Crippen LogP contribution in [0, 0.1) is 19.8 Å². The maximum atomic E-state index is 4.49. The molecule has 0 amide bonds. The third kappa shape index (κ3) is 3.27. The Kier molecular flexibility index (Phi) is 4.94. The first-order valence-corrected chi connectivity index (χ1v) is 7.95. The van der Waals surface area contributed by atoms with Gasteiger partial charge in [0.15, 0.2) is 0 Å². The molecule has 110 valence electrons. The van der Waals surface area contributed by atoms with Gasteiger partial charge < -0.3 is 10.2 Å². The highest BCUT2D eigenvalue weighted by molar-refractivity contribution is 7.18. The Bertz CT molecular complexity index is 577. The summed E-state index contributed by atoms with van der Waals surface area (Å²) in [6, 6.07) is 0. The van der Waals surface area contributed by atoms with Crippen LogP contribution in [0.4, 0.5) is 5.82 Å². The lowest BCUT2D eigenvalue weighted by Crippen LogP contribution is -2.31. The molecule has 2 aromatic heterocycles. The summed E-state index contributed by atoms with van der Waals surface area (Å²) in [5.41, 5.74) is 1.31. The number of thiophene rings is 1. The van der Waals surface area contributed by atoms with Crippen molar-refractivity contribution in [1.82, 2.24) is 15.3 Å². The monoisotopic (exact) mass is 292 g/mol. The first-order valence-electron chi connectivity index (χ1n) is 7.13. The molecule has 0 radical (unpaired) electrons. The van der Waals surface area contributed by atoms with Crippen LogP contribution < -0.4 is 10.2 Å². The molecule has 4 nitrogen and oxygen atoms in total. The smallest absolute Gasteiger partial charge is 0.140 e. The molecule has 1 N–H and O–H groups in total. The number of nitrogens with one attached hydrogen (secondary N) is 1. The van der Waals surface area contributed by atoms with Crippen molar-refractivity contribution < 1.29 is 0 Å². The molecule has 0 aliphatic rings. The second-order valence-corrected chi connectivity index (χ2v) is 6.88. The Morgan fingerprint density at radius 1 is 1.30 bits per heavy atom. The maximum Gasteiger partial charge on any atom is 0.140 e. The molecular weight excluding hydrogens is 268 g/mol. The summed E-state index contributed by atoms with van der Waals surface area (Å²) >= 11 is 1.75. The summed E-state index contributed by atoms with van der Waals surface area (Å²) in [7, 11) is 2.10. The fourth-order valence-corrected chi connectivity index (χ4v) is 3.19. The summed E-state index contributed by atoms with van der Waals surface area (Å²) < 4.78 is 0. The Balaban J connectivity index is 2.12. The molecule has 0 aliphatic carbocycles. The van der Waals surface area contributed by atoms with Gasteiger partial charge in [-0.05, 0) is 31.9 Å². The van der Waals surface area contributed by atoms with E-state index in [9.17, 15) is 0 Å². The zero-order valence-corrected chi connectivity index (χ0v) is 13.8. The van der Waals surface area contributed by atoms with E-state index in [0.717, 1.165) is 30.3 Å². The molecule has 5 heteroatoms. The van der Waals surface area contributed by atoms with Crippen molar-refractivity contribution in [2.75, 3.05) is 31.6 Å². The highest BCUT2D eigenvalue weighted by Gasteiger charge is 2.14. The fourth-order valence-electron chi connectivity index (χ4n) is 2.20.